The molecule has 144 valence electrons. The Kier molecular flexibility index (Phi) is 4.73. The van der Waals surface area contributed by atoms with Crippen LogP contribution in [0.3, 0.4) is 0 Å². The number of carbonyl (C=O) groups is 1. The summed E-state index contributed by atoms with van der Waals surface area (Å²) in [6, 6.07) is 10.7. The number of benzene rings is 2. The summed E-state index contributed by atoms with van der Waals surface area (Å²) in [5.41, 5.74) is 1.19. The summed E-state index contributed by atoms with van der Waals surface area (Å²) in [7, 11) is 1.60. The summed E-state index contributed by atoms with van der Waals surface area (Å²) >= 11 is 6.29. The van der Waals surface area contributed by atoms with Gasteiger partial charge in [-0.1, -0.05) is 23.7 Å². The van der Waals surface area contributed by atoms with Gasteiger partial charge in [-0.15, -0.1) is 0 Å². The molecule has 7 heteroatoms. The molecule has 0 radical (unpaired) electrons. The Morgan fingerprint density at radius 2 is 2.04 bits per heavy atom. The predicted octanol–water partition coefficient (Wildman–Crippen LogP) is 3.37. The lowest BCUT2D eigenvalue weighted by atomic mass is 10.1. The lowest BCUT2D eigenvalue weighted by molar-refractivity contribution is 0.0948. The van der Waals surface area contributed by atoms with Gasteiger partial charge in [0.05, 0.1) is 29.6 Å². The zero-order chi connectivity index (χ0) is 19.8. The van der Waals surface area contributed by atoms with Crippen LogP contribution in [0.15, 0.2) is 47.4 Å². The lowest BCUT2D eigenvalue weighted by Crippen LogP contribution is -2.32. The minimum Gasteiger partial charge on any atom is -0.497 e. The molecule has 0 fully saturated rings. The van der Waals surface area contributed by atoms with Crippen LogP contribution in [0.4, 0.5) is 0 Å². The zero-order valence-electron chi connectivity index (χ0n) is 15.5. The van der Waals surface area contributed by atoms with Crippen molar-refractivity contribution in [3.8, 4) is 11.5 Å². The molecule has 1 aliphatic heterocycles. The van der Waals surface area contributed by atoms with Crippen LogP contribution in [0.1, 0.15) is 22.8 Å². The standard InChI is InChI=1S/C21H19ClN2O4/c1-12-10-24-11-15(20(25)18-16(22)7-8-17(28-12)19(18)24)21(26)23-9-13-3-5-14(27-2)6-4-13/h3-8,11-12H,9-10H2,1-2H3,(H,23,26)/t12-/m1/s1. The number of rotatable bonds is 4. The summed E-state index contributed by atoms with van der Waals surface area (Å²) in [4.78, 5) is 25.7. The van der Waals surface area contributed by atoms with Crippen LogP contribution in [0.25, 0.3) is 10.9 Å². The third-order valence-corrected chi connectivity index (χ3v) is 5.09. The van der Waals surface area contributed by atoms with Gasteiger partial charge in [0.2, 0.25) is 5.43 Å². The fourth-order valence-corrected chi connectivity index (χ4v) is 3.65. The first-order chi connectivity index (χ1) is 13.5. The average Bonchev–Trinajstić information content (AvgIpc) is 2.70. The number of nitrogens with zero attached hydrogens (tertiary/aromatic N) is 1. The topological polar surface area (TPSA) is 69.6 Å². The van der Waals surface area contributed by atoms with Crippen molar-refractivity contribution in [3.63, 3.8) is 0 Å². The molecule has 4 rings (SSSR count). The summed E-state index contributed by atoms with van der Waals surface area (Å²) < 4.78 is 12.8. The van der Waals surface area contributed by atoms with E-state index in [1.807, 2.05) is 35.8 Å². The van der Waals surface area contributed by atoms with E-state index in [4.69, 9.17) is 21.1 Å². The van der Waals surface area contributed by atoms with Crippen LogP contribution in [0, 0.1) is 0 Å². The first-order valence-electron chi connectivity index (χ1n) is 8.91. The normalized spacial score (nSPS) is 15.2. The van der Waals surface area contributed by atoms with E-state index in [0.717, 1.165) is 11.3 Å². The third kappa shape index (κ3) is 3.20. The second-order valence-corrected chi connectivity index (χ2v) is 7.16. The van der Waals surface area contributed by atoms with Gasteiger partial charge in [-0.2, -0.15) is 0 Å². The molecule has 0 spiro atoms. The summed E-state index contributed by atoms with van der Waals surface area (Å²) in [6.07, 6.45) is 1.52. The van der Waals surface area contributed by atoms with Crippen molar-refractivity contribution in [1.82, 2.24) is 9.88 Å². The number of ether oxygens (including phenoxy) is 2. The second-order valence-electron chi connectivity index (χ2n) is 6.75. The van der Waals surface area contributed by atoms with Crippen molar-refractivity contribution in [2.45, 2.75) is 26.1 Å². The van der Waals surface area contributed by atoms with Crippen LogP contribution in [0.2, 0.25) is 5.02 Å². The Bertz CT molecular complexity index is 1120. The van der Waals surface area contributed by atoms with Crippen LogP contribution in [-0.2, 0) is 13.1 Å². The van der Waals surface area contributed by atoms with Crippen LogP contribution in [0.5, 0.6) is 11.5 Å². The maximum Gasteiger partial charge on any atom is 0.257 e. The van der Waals surface area contributed by atoms with Gasteiger partial charge in [0.25, 0.3) is 5.91 Å². The lowest BCUT2D eigenvalue weighted by Gasteiger charge is -2.26. The van der Waals surface area contributed by atoms with E-state index in [2.05, 4.69) is 5.32 Å². The van der Waals surface area contributed by atoms with Crippen LogP contribution in [-0.4, -0.2) is 23.7 Å². The molecule has 6 nitrogen and oxygen atoms in total. The number of hydrogen-bond acceptors (Lipinski definition) is 4. The van der Waals surface area contributed by atoms with Gasteiger partial charge >= 0.3 is 0 Å². The maximum absolute atomic E-state index is 13.0. The van der Waals surface area contributed by atoms with Crippen LogP contribution < -0.4 is 20.2 Å². The highest BCUT2D eigenvalue weighted by Gasteiger charge is 2.24. The Hall–Kier alpha value is -2.99. The highest BCUT2D eigenvalue weighted by molar-refractivity contribution is 6.35. The predicted molar refractivity (Wildman–Crippen MR) is 107 cm³/mol. The Morgan fingerprint density at radius 1 is 1.29 bits per heavy atom. The SMILES string of the molecule is COc1ccc(CNC(=O)c2cn3c4c(ccc(Cl)c4c2=O)O[C@H](C)C3)cc1. The molecule has 2 aromatic carbocycles. The van der Waals surface area contributed by atoms with Crippen molar-refractivity contribution in [1.29, 1.82) is 0 Å². The molecule has 0 saturated heterocycles. The first-order valence-corrected chi connectivity index (χ1v) is 9.29. The van der Waals surface area contributed by atoms with Gasteiger partial charge in [0, 0.05) is 12.7 Å². The largest absolute Gasteiger partial charge is 0.497 e. The van der Waals surface area contributed by atoms with Gasteiger partial charge in [-0.3, -0.25) is 9.59 Å². The van der Waals surface area contributed by atoms with E-state index >= 15 is 0 Å². The molecular formula is C21H19ClN2O4. The van der Waals surface area contributed by atoms with E-state index in [1.54, 1.807) is 25.4 Å². The van der Waals surface area contributed by atoms with Gasteiger partial charge in [0.15, 0.2) is 0 Å². The Morgan fingerprint density at radius 3 is 2.75 bits per heavy atom. The van der Waals surface area contributed by atoms with Crippen molar-refractivity contribution in [2.24, 2.45) is 0 Å². The fraction of sp³-hybridized carbons (Fsp3) is 0.238. The average molecular weight is 399 g/mol. The summed E-state index contributed by atoms with van der Waals surface area (Å²) in [6.45, 7) is 2.77. The third-order valence-electron chi connectivity index (χ3n) is 4.77. The first kappa shape index (κ1) is 18.4. The van der Waals surface area contributed by atoms with Crippen molar-refractivity contribution < 1.29 is 14.3 Å². The number of pyridine rings is 1. The molecule has 1 aliphatic rings. The van der Waals surface area contributed by atoms with Crippen molar-refractivity contribution in [2.75, 3.05) is 7.11 Å². The van der Waals surface area contributed by atoms with E-state index in [-0.39, 0.29) is 11.7 Å². The van der Waals surface area contributed by atoms with E-state index in [9.17, 15) is 9.59 Å². The van der Waals surface area contributed by atoms with E-state index in [1.165, 1.54) is 0 Å². The molecule has 1 aromatic heterocycles. The number of halogens is 1. The molecule has 0 saturated carbocycles. The Labute approximate surface area is 166 Å². The van der Waals surface area contributed by atoms with Crippen molar-refractivity contribution in [3.05, 3.63) is 69.0 Å². The summed E-state index contributed by atoms with van der Waals surface area (Å²) in [5, 5.41) is 3.42. The molecule has 3 aromatic rings. The molecule has 1 amide bonds. The Balaban J connectivity index is 1.68. The van der Waals surface area contributed by atoms with Gasteiger partial charge in [0.1, 0.15) is 23.2 Å². The molecule has 28 heavy (non-hydrogen) atoms. The number of carbonyl (C=O) groups excluding carboxylic acids is 1. The fourth-order valence-electron chi connectivity index (χ4n) is 3.42. The van der Waals surface area contributed by atoms with Gasteiger partial charge in [-0.05, 0) is 36.8 Å². The second kappa shape index (κ2) is 7.20. The van der Waals surface area contributed by atoms with Gasteiger partial charge < -0.3 is 19.4 Å². The van der Waals surface area contributed by atoms with E-state index in [0.29, 0.717) is 34.8 Å². The quantitative estimate of drug-likeness (QED) is 0.731. The molecule has 0 bridgehead atoms. The highest BCUT2D eigenvalue weighted by atomic mass is 35.5. The molecule has 1 N–H and O–H groups in total. The van der Waals surface area contributed by atoms with Gasteiger partial charge in [-0.25, -0.2) is 0 Å². The van der Waals surface area contributed by atoms with E-state index < -0.39 is 11.3 Å². The smallest absolute Gasteiger partial charge is 0.257 e. The van der Waals surface area contributed by atoms with Crippen molar-refractivity contribution >= 4 is 28.4 Å². The highest BCUT2D eigenvalue weighted by Crippen LogP contribution is 2.33. The number of aromatic nitrogens is 1. The number of nitrogens with one attached hydrogen (secondary N) is 1. The molecule has 1 atom stereocenters. The zero-order valence-corrected chi connectivity index (χ0v) is 16.2. The monoisotopic (exact) mass is 398 g/mol. The minimum atomic E-state index is -0.438. The molecular weight excluding hydrogens is 380 g/mol. The number of methoxy groups -OCH3 is 1. The number of hydrogen-bond donors (Lipinski definition) is 1. The molecule has 0 unspecified atom stereocenters. The number of amides is 1. The maximum atomic E-state index is 13.0. The molecule has 0 aliphatic carbocycles. The molecule has 2 heterocycles. The summed E-state index contributed by atoms with van der Waals surface area (Å²) in [5.74, 6) is 0.899. The minimum absolute atomic E-state index is 0.0640. The van der Waals surface area contributed by atoms with Crippen LogP contribution >= 0.6 is 11.6 Å².